The number of urea groups is 1. The zero-order valence-corrected chi connectivity index (χ0v) is 5.44. The van der Waals surface area contributed by atoms with Crippen molar-refractivity contribution in [1.29, 1.82) is 0 Å². The fourth-order valence-corrected chi connectivity index (χ4v) is 0.317. The van der Waals surface area contributed by atoms with Gasteiger partial charge < -0.3 is 5.32 Å². The van der Waals surface area contributed by atoms with Gasteiger partial charge in [0.1, 0.15) is 0 Å². The topological polar surface area (TPSA) is 41.1 Å². The van der Waals surface area contributed by atoms with E-state index >= 15 is 0 Å². The summed E-state index contributed by atoms with van der Waals surface area (Å²) in [5, 5.41) is 2.36. The lowest BCUT2D eigenvalue weighted by Gasteiger charge is -1.88. The highest BCUT2D eigenvalue weighted by atomic mass is 127. The van der Waals surface area contributed by atoms with Crippen LogP contribution in [-0.4, -0.2) is 13.1 Å². The Morgan fingerprint density at radius 2 is 2.33 bits per heavy atom. The normalized spacial score (nSPS) is 7.00. The van der Waals surface area contributed by atoms with Gasteiger partial charge in [-0.3, -0.25) is 3.53 Å². The van der Waals surface area contributed by atoms with Crippen LogP contribution in [0.15, 0.2) is 0 Å². The number of hydrogen-bond donors (Lipinski definition) is 2. The number of nitrogens with one attached hydrogen (secondary N) is 2. The summed E-state index contributed by atoms with van der Waals surface area (Å²) in [6.45, 7) is 0. The van der Waals surface area contributed by atoms with Gasteiger partial charge in [0.25, 0.3) is 0 Å². The lowest BCUT2D eigenvalue weighted by atomic mass is 11.1. The van der Waals surface area contributed by atoms with Crippen LogP contribution in [0.3, 0.4) is 0 Å². The van der Waals surface area contributed by atoms with Gasteiger partial charge in [-0.25, -0.2) is 4.79 Å². The van der Waals surface area contributed by atoms with Crippen LogP contribution in [0, 0.1) is 0 Å². The summed E-state index contributed by atoms with van der Waals surface area (Å²) in [5.74, 6) is 0. The molecule has 36 valence electrons. The summed E-state index contributed by atoms with van der Waals surface area (Å²) in [6.07, 6.45) is 0. The predicted molar refractivity (Wildman–Crippen MR) is 31.6 cm³/mol. The number of rotatable bonds is 0. The zero-order chi connectivity index (χ0) is 4.99. The van der Waals surface area contributed by atoms with Crippen LogP contribution in [0.5, 0.6) is 0 Å². The van der Waals surface area contributed by atoms with Gasteiger partial charge in [0.05, 0.1) is 22.9 Å². The summed E-state index contributed by atoms with van der Waals surface area (Å²) < 4.78 is 2.33. The molecule has 0 aliphatic heterocycles. The van der Waals surface area contributed by atoms with E-state index in [4.69, 9.17) is 0 Å². The zero-order valence-electron chi connectivity index (χ0n) is 3.29. The lowest BCUT2D eigenvalue weighted by Crippen LogP contribution is -2.24. The van der Waals surface area contributed by atoms with Crippen LogP contribution in [0.4, 0.5) is 4.79 Å². The first-order valence-corrected chi connectivity index (χ1v) is 2.47. The van der Waals surface area contributed by atoms with E-state index in [-0.39, 0.29) is 6.03 Å². The molecule has 0 fully saturated rings. The van der Waals surface area contributed by atoms with Gasteiger partial charge in [0, 0.05) is 7.05 Å². The molecule has 0 saturated heterocycles. The van der Waals surface area contributed by atoms with Crippen LogP contribution in [0.2, 0.25) is 0 Å². The molecule has 0 heterocycles. The Morgan fingerprint density at radius 3 is 2.33 bits per heavy atom. The van der Waals surface area contributed by atoms with Crippen LogP contribution < -0.4 is 8.85 Å². The van der Waals surface area contributed by atoms with Gasteiger partial charge in [0.2, 0.25) is 0 Å². The van der Waals surface area contributed by atoms with Crippen LogP contribution >= 0.6 is 22.9 Å². The molecule has 0 radical (unpaired) electrons. The largest absolute Gasteiger partial charge is 0.341 e. The molecule has 0 saturated carbocycles. The molecule has 0 aliphatic rings. The van der Waals surface area contributed by atoms with Crippen LogP contribution in [0.25, 0.3) is 0 Å². The highest BCUT2D eigenvalue weighted by Gasteiger charge is 1.83. The third-order valence-electron chi connectivity index (χ3n) is 0.313. The van der Waals surface area contributed by atoms with E-state index in [9.17, 15) is 4.79 Å². The summed E-state index contributed by atoms with van der Waals surface area (Å²) in [7, 11) is 1.56. The molecule has 0 aromatic carbocycles. The second-order valence-electron chi connectivity index (χ2n) is 0.674. The smallest absolute Gasteiger partial charge is 0.323 e. The Kier molecular flexibility index (Phi) is 3.20. The van der Waals surface area contributed by atoms with Crippen molar-refractivity contribution < 1.29 is 4.79 Å². The van der Waals surface area contributed by atoms with Crippen LogP contribution in [0.1, 0.15) is 0 Å². The van der Waals surface area contributed by atoms with Crippen molar-refractivity contribution in [2.24, 2.45) is 0 Å². The van der Waals surface area contributed by atoms with Gasteiger partial charge in [0.15, 0.2) is 0 Å². The monoisotopic (exact) mass is 200 g/mol. The molecule has 0 spiro atoms. The van der Waals surface area contributed by atoms with Gasteiger partial charge >= 0.3 is 6.03 Å². The van der Waals surface area contributed by atoms with Crippen LogP contribution in [-0.2, 0) is 0 Å². The Labute approximate surface area is 50.0 Å². The molecule has 0 atom stereocenters. The van der Waals surface area contributed by atoms with E-state index in [2.05, 4.69) is 8.85 Å². The first kappa shape index (κ1) is 6.00. The van der Waals surface area contributed by atoms with E-state index in [1.807, 2.05) is 0 Å². The Bertz CT molecular complexity index is 49.5. The second-order valence-corrected chi connectivity index (χ2v) is 1.21. The van der Waals surface area contributed by atoms with Crippen molar-refractivity contribution in [3.8, 4) is 0 Å². The molecule has 6 heavy (non-hydrogen) atoms. The van der Waals surface area contributed by atoms with Crippen molar-refractivity contribution in [2.75, 3.05) is 7.05 Å². The number of halogens is 1. The maximum atomic E-state index is 9.95. The average Bonchev–Trinajstić information content (AvgIpc) is 1.65. The van der Waals surface area contributed by atoms with E-state index < -0.39 is 0 Å². The summed E-state index contributed by atoms with van der Waals surface area (Å²) in [4.78, 5) is 9.95. The average molecular weight is 200 g/mol. The SMILES string of the molecule is CNC(=O)NI. The molecule has 2 amide bonds. The summed E-state index contributed by atoms with van der Waals surface area (Å²) in [5.41, 5.74) is 0. The molecule has 0 aromatic rings. The first-order valence-electron chi connectivity index (χ1n) is 1.39. The third kappa shape index (κ3) is 2.25. The fraction of sp³-hybridized carbons (Fsp3) is 0.500. The first-order chi connectivity index (χ1) is 2.81. The van der Waals surface area contributed by atoms with E-state index in [1.54, 1.807) is 29.9 Å². The molecule has 4 heteroatoms. The summed E-state index contributed by atoms with van der Waals surface area (Å²) in [6, 6.07) is -0.171. The maximum Gasteiger partial charge on any atom is 0.323 e. The number of carbonyl (C=O) groups is 1. The molecule has 0 aliphatic carbocycles. The molecular formula is C2H5IN2O. The quantitative estimate of drug-likeness (QED) is 0.427. The minimum absolute atomic E-state index is 0.171. The Hall–Kier alpha value is 0. The molecule has 0 unspecified atom stereocenters. The van der Waals surface area contributed by atoms with Crippen molar-refractivity contribution in [3.05, 3.63) is 0 Å². The second kappa shape index (κ2) is 3.20. The summed E-state index contributed by atoms with van der Waals surface area (Å²) >= 11 is 1.75. The van der Waals surface area contributed by atoms with Gasteiger partial charge in [-0.05, 0) is 0 Å². The molecular weight excluding hydrogens is 195 g/mol. The Balaban J connectivity index is 2.99. The third-order valence-corrected chi connectivity index (χ3v) is 0.803. The Morgan fingerprint density at radius 1 is 1.83 bits per heavy atom. The van der Waals surface area contributed by atoms with Crippen molar-refractivity contribution in [3.63, 3.8) is 0 Å². The molecule has 0 rings (SSSR count). The highest BCUT2D eigenvalue weighted by Crippen LogP contribution is 1.65. The standard InChI is InChI=1S/C2H5IN2O/c1-4-2(6)5-3/h1H3,(H2,4,5,6). The number of carbonyl (C=O) groups excluding carboxylic acids is 1. The van der Waals surface area contributed by atoms with E-state index in [0.717, 1.165) is 0 Å². The number of amides is 2. The predicted octanol–water partition coefficient (Wildman–Crippen LogP) is 0.265. The van der Waals surface area contributed by atoms with Gasteiger partial charge in [-0.15, -0.1) is 0 Å². The lowest BCUT2D eigenvalue weighted by molar-refractivity contribution is 0.249. The molecule has 0 aromatic heterocycles. The van der Waals surface area contributed by atoms with Gasteiger partial charge in [-0.1, -0.05) is 0 Å². The fourth-order valence-electron chi connectivity index (χ4n) is 0.0472. The number of hydrogen-bond acceptors (Lipinski definition) is 1. The van der Waals surface area contributed by atoms with Crippen molar-refractivity contribution >= 4 is 28.9 Å². The maximum absolute atomic E-state index is 9.95. The van der Waals surface area contributed by atoms with E-state index in [0.29, 0.717) is 0 Å². The van der Waals surface area contributed by atoms with Gasteiger partial charge in [-0.2, -0.15) is 0 Å². The molecule has 0 bridgehead atoms. The highest BCUT2D eigenvalue weighted by molar-refractivity contribution is 14.1. The molecule has 3 nitrogen and oxygen atoms in total. The van der Waals surface area contributed by atoms with Crippen molar-refractivity contribution in [1.82, 2.24) is 8.85 Å². The minimum Gasteiger partial charge on any atom is -0.341 e. The minimum atomic E-state index is -0.171. The van der Waals surface area contributed by atoms with Crippen molar-refractivity contribution in [2.45, 2.75) is 0 Å². The van der Waals surface area contributed by atoms with E-state index in [1.165, 1.54) is 0 Å². The molecule has 2 N–H and O–H groups in total.